The number of nitrogens with one attached hydrogen (secondary N) is 1. The third-order valence-electron chi connectivity index (χ3n) is 5.73. The van der Waals surface area contributed by atoms with Crippen LogP contribution in [0.25, 0.3) is 0 Å². The number of hydrogen-bond acceptors (Lipinski definition) is 4. The summed E-state index contributed by atoms with van der Waals surface area (Å²) < 4.78 is 11.5. The predicted molar refractivity (Wildman–Crippen MR) is 121 cm³/mol. The molecule has 0 aliphatic carbocycles. The average Bonchev–Trinajstić information content (AvgIpc) is 3.27. The first-order chi connectivity index (χ1) is 15.6. The lowest BCUT2D eigenvalue weighted by Crippen LogP contribution is -2.47. The van der Waals surface area contributed by atoms with Gasteiger partial charge in [-0.05, 0) is 43.0 Å². The minimum Gasteiger partial charge on any atom is -0.456 e. The van der Waals surface area contributed by atoms with E-state index in [1.165, 1.54) is 0 Å². The number of ether oxygens (including phenoxy) is 1. The Morgan fingerprint density at radius 1 is 0.969 bits per heavy atom. The van der Waals surface area contributed by atoms with E-state index in [9.17, 15) is 9.59 Å². The highest BCUT2D eigenvalue weighted by atomic mass is 16.5. The van der Waals surface area contributed by atoms with E-state index < -0.39 is 0 Å². The lowest BCUT2D eigenvalue weighted by Gasteiger charge is -2.32. The summed E-state index contributed by atoms with van der Waals surface area (Å²) in [6, 6.07) is 23.3. The van der Waals surface area contributed by atoms with Crippen LogP contribution >= 0.6 is 0 Å². The van der Waals surface area contributed by atoms with Gasteiger partial charge in [-0.2, -0.15) is 0 Å². The van der Waals surface area contributed by atoms with Gasteiger partial charge in [0.05, 0.1) is 0 Å². The molecule has 4 rings (SSSR count). The maximum Gasteiger partial charge on any atom is 0.287 e. The lowest BCUT2D eigenvalue weighted by molar-refractivity contribution is -0.138. The zero-order valence-corrected chi connectivity index (χ0v) is 18.2. The SMILES string of the molecule is Cc1ccc(C(=O)NC2CCN(C(=O)COC(c3ccccc3)c3ccccc3)CC2)o1. The van der Waals surface area contributed by atoms with Crippen LogP contribution in [0.15, 0.2) is 77.2 Å². The second-order valence-electron chi connectivity index (χ2n) is 8.05. The van der Waals surface area contributed by atoms with Gasteiger partial charge < -0.3 is 19.4 Å². The summed E-state index contributed by atoms with van der Waals surface area (Å²) in [5.74, 6) is 0.787. The van der Waals surface area contributed by atoms with Gasteiger partial charge >= 0.3 is 0 Å². The van der Waals surface area contributed by atoms with Gasteiger partial charge in [0.15, 0.2) is 5.76 Å². The van der Waals surface area contributed by atoms with Crippen molar-refractivity contribution in [2.45, 2.75) is 31.9 Å². The molecule has 2 amide bonds. The number of likely N-dealkylation sites (tertiary alicyclic amines) is 1. The minimum atomic E-state index is -0.296. The summed E-state index contributed by atoms with van der Waals surface area (Å²) in [6.07, 6.45) is 1.12. The Labute approximate surface area is 188 Å². The van der Waals surface area contributed by atoms with Gasteiger partial charge in [0.25, 0.3) is 5.91 Å². The van der Waals surface area contributed by atoms with E-state index in [2.05, 4.69) is 5.32 Å². The molecule has 0 saturated carbocycles. The van der Waals surface area contributed by atoms with E-state index in [1.54, 1.807) is 12.1 Å². The van der Waals surface area contributed by atoms with E-state index in [0.717, 1.165) is 11.1 Å². The molecule has 0 atom stereocenters. The van der Waals surface area contributed by atoms with E-state index in [1.807, 2.05) is 72.5 Å². The van der Waals surface area contributed by atoms with Crippen LogP contribution < -0.4 is 5.32 Å². The number of furan rings is 1. The summed E-state index contributed by atoms with van der Waals surface area (Å²) in [4.78, 5) is 26.9. The monoisotopic (exact) mass is 432 g/mol. The molecule has 1 aliphatic rings. The largest absolute Gasteiger partial charge is 0.456 e. The van der Waals surface area contributed by atoms with Crippen LogP contribution in [0.4, 0.5) is 0 Å². The van der Waals surface area contributed by atoms with Crippen molar-refractivity contribution in [3.63, 3.8) is 0 Å². The summed E-state index contributed by atoms with van der Waals surface area (Å²) in [6.45, 7) is 3.00. The molecular formula is C26H28N2O4. The lowest BCUT2D eigenvalue weighted by atomic mass is 10.0. The van der Waals surface area contributed by atoms with E-state index in [0.29, 0.717) is 37.5 Å². The van der Waals surface area contributed by atoms with Gasteiger partial charge in [-0.15, -0.1) is 0 Å². The average molecular weight is 433 g/mol. The van der Waals surface area contributed by atoms with Crippen molar-refractivity contribution in [3.8, 4) is 0 Å². The van der Waals surface area contributed by atoms with Crippen LogP contribution in [0.2, 0.25) is 0 Å². The molecule has 0 radical (unpaired) electrons. The van der Waals surface area contributed by atoms with Gasteiger partial charge in [-0.1, -0.05) is 60.7 Å². The molecule has 1 saturated heterocycles. The maximum absolute atomic E-state index is 12.8. The second-order valence-corrected chi connectivity index (χ2v) is 8.05. The number of carbonyl (C=O) groups excluding carboxylic acids is 2. The Kier molecular flexibility index (Phi) is 7.02. The number of piperidine rings is 1. The van der Waals surface area contributed by atoms with E-state index >= 15 is 0 Å². The fraction of sp³-hybridized carbons (Fsp3) is 0.308. The van der Waals surface area contributed by atoms with Crippen molar-refractivity contribution in [2.24, 2.45) is 0 Å². The van der Waals surface area contributed by atoms with Crippen molar-refractivity contribution in [1.29, 1.82) is 0 Å². The molecule has 0 unspecified atom stereocenters. The number of carbonyl (C=O) groups is 2. The van der Waals surface area contributed by atoms with Crippen LogP contribution in [-0.2, 0) is 9.53 Å². The third kappa shape index (κ3) is 5.45. The fourth-order valence-corrected chi connectivity index (χ4v) is 3.97. The van der Waals surface area contributed by atoms with Crippen molar-refractivity contribution >= 4 is 11.8 Å². The highest BCUT2D eigenvalue weighted by molar-refractivity contribution is 5.91. The molecule has 1 fully saturated rings. The second kappa shape index (κ2) is 10.3. The Bertz CT molecular complexity index is 985. The normalized spacial score (nSPS) is 14.5. The molecule has 2 aromatic carbocycles. The number of rotatable bonds is 7. The molecule has 6 nitrogen and oxygen atoms in total. The molecule has 0 spiro atoms. The van der Waals surface area contributed by atoms with Crippen molar-refractivity contribution in [3.05, 3.63) is 95.4 Å². The quantitative estimate of drug-likeness (QED) is 0.610. The third-order valence-corrected chi connectivity index (χ3v) is 5.73. The molecule has 1 N–H and O–H groups in total. The number of aryl methyl sites for hydroxylation is 1. The number of nitrogens with zero attached hydrogens (tertiary/aromatic N) is 1. The molecule has 1 aromatic heterocycles. The minimum absolute atomic E-state index is 0.0111. The summed E-state index contributed by atoms with van der Waals surface area (Å²) in [5, 5.41) is 3.00. The molecule has 2 heterocycles. The molecule has 6 heteroatoms. The Hall–Kier alpha value is -3.38. The predicted octanol–water partition coefficient (Wildman–Crippen LogP) is 4.12. The van der Waals surface area contributed by atoms with Crippen molar-refractivity contribution < 1.29 is 18.7 Å². The Morgan fingerprint density at radius 3 is 2.09 bits per heavy atom. The fourth-order valence-electron chi connectivity index (χ4n) is 3.97. The zero-order chi connectivity index (χ0) is 22.3. The van der Waals surface area contributed by atoms with Crippen LogP contribution in [0.3, 0.4) is 0 Å². The van der Waals surface area contributed by atoms with Gasteiger partial charge in [-0.25, -0.2) is 0 Å². The number of benzene rings is 2. The first kappa shape index (κ1) is 21.8. The van der Waals surface area contributed by atoms with Crippen LogP contribution in [0, 0.1) is 6.92 Å². The standard InChI is InChI=1S/C26H28N2O4/c1-19-12-13-23(32-19)26(30)27-22-14-16-28(17-15-22)24(29)18-31-25(20-8-4-2-5-9-20)21-10-6-3-7-11-21/h2-13,22,25H,14-18H2,1H3,(H,27,30). The summed E-state index contributed by atoms with van der Waals surface area (Å²) in [7, 11) is 0. The van der Waals surface area contributed by atoms with Crippen LogP contribution in [0.1, 0.15) is 46.4 Å². The highest BCUT2D eigenvalue weighted by Gasteiger charge is 2.26. The first-order valence-corrected chi connectivity index (χ1v) is 11.0. The molecule has 3 aromatic rings. The molecule has 0 bridgehead atoms. The topological polar surface area (TPSA) is 71.8 Å². The number of amides is 2. The first-order valence-electron chi connectivity index (χ1n) is 11.0. The Balaban J connectivity index is 1.30. The van der Waals surface area contributed by atoms with Crippen molar-refractivity contribution in [2.75, 3.05) is 19.7 Å². The molecular weight excluding hydrogens is 404 g/mol. The maximum atomic E-state index is 12.8. The van der Waals surface area contributed by atoms with Gasteiger partial charge in [0.1, 0.15) is 18.5 Å². The van der Waals surface area contributed by atoms with Gasteiger partial charge in [0, 0.05) is 19.1 Å². The molecule has 32 heavy (non-hydrogen) atoms. The van der Waals surface area contributed by atoms with Crippen LogP contribution in [0.5, 0.6) is 0 Å². The summed E-state index contributed by atoms with van der Waals surface area (Å²) >= 11 is 0. The number of hydrogen-bond donors (Lipinski definition) is 1. The van der Waals surface area contributed by atoms with E-state index in [-0.39, 0.29) is 30.6 Å². The van der Waals surface area contributed by atoms with Gasteiger partial charge in [0.2, 0.25) is 5.91 Å². The highest BCUT2D eigenvalue weighted by Crippen LogP contribution is 2.26. The zero-order valence-electron chi connectivity index (χ0n) is 18.2. The smallest absolute Gasteiger partial charge is 0.287 e. The summed E-state index contributed by atoms with van der Waals surface area (Å²) in [5.41, 5.74) is 2.03. The van der Waals surface area contributed by atoms with E-state index in [4.69, 9.17) is 9.15 Å². The van der Waals surface area contributed by atoms with Gasteiger partial charge in [-0.3, -0.25) is 9.59 Å². The van der Waals surface area contributed by atoms with Crippen molar-refractivity contribution in [1.82, 2.24) is 10.2 Å². The molecule has 1 aliphatic heterocycles. The Morgan fingerprint density at radius 2 is 1.56 bits per heavy atom. The molecule has 166 valence electrons. The van der Waals surface area contributed by atoms with Crippen LogP contribution in [-0.4, -0.2) is 42.5 Å².